The normalized spacial score (nSPS) is 10.2. The highest BCUT2D eigenvalue weighted by molar-refractivity contribution is 7.99. The van der Waals surface area contributed by atoms with Gasteiger partial charge in [-0.05, 0) is 42.0 Å². The molecule has 0 aromatic heterocycles. The van der Waals surface area contributed by atoms with Crippen LogP contribution in [0, 0.1) is 0 Å². The molecule has 1 amide bonds. The average molecular weight is 350 g/mol. The van der Waals surface area contributed by atoms with E-state index in [-0.39, 0.29) is 5.91 Å². The Balaban J connectivity index is 1.78. The summed E-state index contributed by atoms with van der Waals surface area (Å²) in [7, 11) is 1.33. The topological polar surface area (TPSA) is 55.4 Å². The molecule has 23 heavy (non-hydrogen) atoms. The van der Waals surface area contributed by atoms with Crippen molar-refractivity contribution in [2.75, 3.05) is 18.2 Å². The molecule has 0 aliphatic rings. The summed E-state index contributed by atoms with van der Waals surface area (Å²) in [4.78, 5) is 23.2. The molecule has 0 fully saturated rings. The zero-order valence-corrected chi connectivity index (χ0v) is 14.1. The van der Waals surface area contributed by atoms with E-state index in [2.05, 4.69) is 10.1 Å². The molecule has 0 atom stereocenters. The Morgan fingerprint density at radius 2 is 1.74 bits per heavy atom. The van der Waals surface area contributed by atoms with Crippen LogP contribution in [0.2, 0.25) is 5.02 Å². The standard InChI is InChI=1S/C17H16ClNO3S/c1-22-17(21)13-4-8-15(9-5-13)19-16(20)11-23-10-12-2-6-14(18)7-3-12/h2-9H,10-11H2,1H3,(H,19,20). The summed E-state index contributed by atoms with van der Waals surface area (Å²) in [5.74, 6) is 0.601. The Kier molecular flexibility index (Phi) is 6.50. The number of carbonyl (C=O) groups excluding carboxylic acids is 2. The first-order chi connectivity index (χ1) is 11.1. The molecule has 1 N–H and O–H groups in total. The van der Waals surface area contributed by atoms with Crippen LogP contribution in [0.3, 0.4) is 0 Å². The number of anilines is 1. The maximum absolute atomic E-state index is 11.9. The van der Waals surface area contributed by atoms with E-state index in [9.17, 15) is 9.59 Å². The molecule has 0 saturated heterocycles. The maximum atomic E-state index is 11.9. The van der Waals surface area contributed by atoms with E-state index in [1.165, 1.54) is 18.9 Å². The molecule has 2 aromatic carbocycles. The monoisotopic (exact) mass is 349 g/mol. The maximum Gasteiger partial charge on any atom is 0.337 e. The van der Waals surface area contributed by atoms with Gasteiger partial charge in [-0.1, -0.05) is 23.7 Å². The molecule has 0 bridgehead atoms. The predicted molar refractivity (Wildman–Crippen MR) is 94.0 cm³/mol. The summed E-state index contributed by atoms with van der Waals surface area (Å²) in [6, 6.07) is 14.1. The van der Waals surface area contributed by atoms with Crippen molar-refractivity contribution in [1.82, 2.24) is 0 Å². The van der Waals surface area contributed by atoms with Crippen molar-refractivity contribution in [3.63, 3.8) is 0 Å². The number of thioether (sulfide) groups is 1. The van der Waals surface area contributed by atoms with Crippen molar-refractivity contribution < 1.29 is 14.3 Å². The minimum Gasteiger partial charge on any atom is -0.465 e. The lowest BCUT2D eigenvalue weighted by atomic mass is 10.2. The molecule has 0 aliphatic carbocycles. The first-order valence-electron chi connectivity index (χ1n) is 6.89. The number of esters is 1. The fourth-order valence-electron chi connectivity index (χ4n) is 1.85. The van der Waals surface area contributed by atoms with Crippen molar-refractivity contribution in [1.29, 1.82) is 0 Å². The predicted octanol–water partition coefficient (Wildman–Crippen LogP) is 4.00. The quantitative estimate of drug-likeness (QED) is 0.801. The summed E-state index contributed by atoms with van der Waals surface area (Å²) in [5.41, 5.74) is 2.21. The third kappa shape index (κ3) is 5.62. The third-order valence-electron chi connectivity index (χ3n) is 3.00. The van der Waals surface area contributed by atoms with Crippen molar-refractivity contribution >= 4 is 40.9 Å². The van der Waals surface area contributed by atoms with Gasteiger partial charge in [-0.15, -0.1) is 11.8 Å². The van der Waals surface area contributed by atoms with Crippen molar-refractivity contribution in [3.8, 4) is 0 Å². The van der Waals surface area contributed by atoms with Crippen LogP contribution in [0.5, 0.6) is 0 Å². The van der Waals surface area contributed by atoms with Gasteiger partial charge in [-0.3, -0.25) is 4.79 Å². The Hall–Kier alpha value is -1.98. The Bertz CT molecular complexity index is 671. The molecule has 4 nitrogen and oxygen atoms in total. The number of amides is 1. The second kappa shape index (κ2) is 8.60. The molecule has 120 valence electrons. The minimum atomic E-state index is -0.401. The Morgan fingerprint density at radius 3 is 2.35 bits per heavy atom. The highest BCUT2D eigenvalue weighted by atomic mass is 35.5. The fraction of sp³-hybridized carbons (Fsp3) is 0.176. The second-order valence-corrected chi connectivity index (χ2v) is 6.16. The highest BCUT2D eigenvalue weighted by Crippen LogP contribution is 2.16. The van der Waals surface area contributed by atoms with Crippen LogP contribution >= 0.6 is 23.4 Å². The first-order valence-corrected chi connectivity index (χ1v) is 8.42. The molecule has 0 saturated carbocycles. The van der Waals surface area contributed by atoms with Crippen LogP contribution in [0.4, 0.5) is 5.69 Å². The number of methoxy groups -OCH3 is 1. The van der Waals surface area contributed by atoms with Crippen molar-refractivity contribution in [3.05, 3.63) is 64.7 Å². The van der Waals surface area contributed by atoms with Crippen molar-refractivity contribution in [2.24, 2.45) is 0 Å². The van der Waals surface area contributed by atoms with Gasteiger partial charge >= 0.3 is 5.97 Å². The van der Waals surface area contributed by atoms with E-state index in [0.717, 1.165) is 11.3 Å². The van der Waals surface area contributed by atoms with Gasteiger partial charge in [0.1, 0.15) is 0 Å². The van der Waals surface area contributed by atoms with Gasteiger partial charge < -0.3 is 10.1 Å². The number of hydrogen-bond acceptors (Lipinski definition) is 4. The summed E-state index contributed by atoms with van der Waals surface area (Å²) < 4.78 is 4.62. The second-order valence-electron chi connectivity index (χ2n) is 4.74. The summed E-state index contributed by atoms with van der Waals surface area (Å²) in [6.45, 7) is 0. The molecule has 6 heteroatoms. The number of carbonyl (C=O) groups is 2. The molecule has 2 aromatic rings. The molecular weight excluding hydrogens is 334 g/mol. The summed E-state index contributed by atoms with van der Waals surface area (Å²) >= 11 is 7.35. The molecular formula is C17H16ClNO3S. The highest BCUT2D eigenvalue weighted by Gasteiger charge is 2.06. The zero-order valence-electron chi connectivity index (χ0n) is 12.5. The zero-order chi connectivity index (χ0) is 16.7. The van der Waals surface area contributed by atoms with Gasteiger partial charge in [0.2, 0.25) is 5.91 Å². The van der Waals surface area contributed by atoms with Crippen LogP contribution < -0.4 is 5.32 Å². The number of hydrogen-bond donors (Lipinski definition) is 1. The minimum absolute atomic E-state index is 0.0882. The fourth-order valence-corrected chi connectivity index (χ4v) is 2.76. The number of benzene rings is 2. The van der Waals surface area contributed by atoms with Crippen LogP contribution in [0.15, 0.2) is 48.5 Å². The summed E-state index contributed by atoms with van der Waals surface area (Å²) in [6.07, 6.45) is 0. The van der Waals surface area contributed by atoms with Gasteiger partial charge in [0.15, 0.2) is 0 Å². The van der Waals surface area contributed by atoms with Crippen LogP contribution in [0.25, 0.3) is 0 Å². The Labute approximate surface area is 144 Å². The largest absolute Gasteiger partial charge is 0.465 e. The average Bonchev–Trinajstić information content (AvgIpc) is 2.56. The van der Waals surface area contributed by atoms with E-state index in [4.69, 9.17) is 11.6 Å². The number of rotatable bonds is 6. The number of halogens is 1. The first kappa shape index (κ1) is 17.4. The van der Waals surface area contributed by atoms with Crippen LogP contribution in [0.1, 0.15) is 15.9 Å². The molecule has 0 heterocycles. The molecule has 0 aliphatic heterocycles. The third-order valence-corrected chi connectivity index (χ3v) is 4.26. The number of ether oxygens (including phenoxy) is 1. The lowest BCUT2D eigenvalue weighted by Crippen LogP contribution is -2.14. The van der Waals surface area contributed by atoms with E-state index < -0.39 is 5.97 Å². The SMILES string of the molecule is COC(=O)c1ccc(NC(=O)CSCc2ccc(Cl)cc2)cc1. The Morgan fingerprint density at radius 1 is 1.09 bits per heavy atom. The molecule has 0 radical (unpaired) electrons. The molecule has 0 unspecified atom stereocenters. The van der Waals surface area contributed by atoms with E-state index in [0.29, 0.717) is 22.0 Å². The van der Waals surface area contributed by atoms with Crippen LogP contribution in [-0.2, 0) is 15.3 Å². The van der Waals surface area contributed by atoms with Gasteiger partial charge in [0.25, 0.3) is 0 Å². The van der Waals surface area contributed by atoms with E-state index in [1.807, 2.05) is 24.3 Å². The van der Waals surface area contributed by atoms with Gasteiger partial charge in [0, 0.05) is 16.5 Å². The van der Waals surface area contributed by atoms with Gasteiger partial charge in [-0.2, -0.15) is 0 Å². The van der Waals surface area contributed by atoms with Crippen LogP contribution in [-0.4, -0.2) is 24.7 Å². The van der Waals surface area contributed by atoms with E-state index >= 15 is 0 Å². The van der Waals surface area contributed by atoms with E-state index in [1.54, 1.807) is 24.3 Å². The number of nitrogens with one attached hydrogen (secondary N) is 1. The molecule has 2 rings (SSSR count). The smallest absolute Gasteiger partial charge is 0.337 e. The molecule has 0 spiro atoms. The van der Waals surface area contributed by atoms with Gasteiger partial charge in [0.05, 0.1) is 18.4 Å². The lowest BCUT2D eigenvalue weighted by Gasteiger charge is -2.06. The van der Waals surface area contributed by atoms with Crippen molar-refractivity contribution in [2.45, 2.75) is 5.75 Å². The summed E-state index contributed by atoms with van der Waals surface area (Å²) in [5, 5.41) is 3.49. The van der Waals surface area contributed by atoms with Gasteiger partial charge in [-0.25, -0.2) is 4.79 Å². The lowest BCUT2D eigenvalue weighted by molar-refractivity contribution is -0.113.